The normalized spacial score (nSPS) is 11.6. The van der Waals surface area contributed by atoms with Crippen molar-refractivity contribution in [2.45, 2.75) is 0 Å². The van der Waals surface area contributed by atoms with Crippen molar-refractivity contribution < 1.29 is 4.42 Å². The molecule has 0 amide bonds. The first-order chi connectivity index (χ1) is 32.7. The molecule has 0 fully saturated rings. The molecule has 1 aromatic heterocycles. The summed E-state index contributed by atoms with van der Waals surface area (Å²) in [5, 5.41) is 12.1. The maximum atomic E-state index is 6.22. The Balaban J connectivity index is 0.928. The number of benzene rings is 12. The quantitative estimate of drug-likeness (QED) is 0.149. The molecule has 0 saturated heterocycles. The minimum Gasteiger partial charge on any atom is -0.456 e. The smallest absolute Gasteiger partial charge is 0.136 e. The van der Waals surface area contributed by atoms with Gasteiger partial charge < -0.3 is 9.32 Å². The molecule has 66 heavy (non-hydrogen) atoms. The summed E-state index contributed by atoms with van der Waals surface area (Å²) in [6.45, 7) is 0. The summed E-state index contributed by atoms with van der Waals surface area (Å²) >= 11 is 0. The second kappa shape index (κ2) is 15.5. The molecular formula is C64H41NO. The van der Waals surface area contributed by atoms with Crippen LogP contribution in [0.25, 0.3) is 110 Å². The van der Waals surface area contributed by atoms with Crippen molar-refractivity contribution >= 4 is 82.1 Å². The second-order valence-corrected chi connectivity index (χ2v) is 17.2. The molecule has 2 heteroatoms. The van der Waals surface area contributed by atoms with Crippen molar-refractivity contribution in [2.24, 2.45) is 0 Å². The lowest BCUT2D eigenvalue weighted by molar-refractivity contribution is 0.669. The van der Waals surface area contributed by atoms with E-state index in [9.17, 15) is 0 Å². The second-order valence-electron chi connectivity index (χ2n) is 17.2. The van der Waals surface area contributed by atoms with Crippen LogP contribution in [0.2, 0.25) is 0 Å². The first-order valence-corrected chi connectivity index (χ1v) is 22.7. The van der Waals surface area contributed by atoms with Gasteiger partial charge in [-0.15, -0.1) is 0 Å². The highest BCUT2D eigenvalue weighted by Gasteiger charge is 2.20. The van der Waals surface area contributed by atoms with Gasteiger partial charge in [-0.25, -0.2) is 0 Å². The Morgan fingerprint density at radius 1 is 0.273 bits per heavy atom. The fourth-order valence-electron chi connectivity index (χ4n) is 10.4. The summed E-state index contributed by atoms with van der Waals surface area (Å²) in [5.41, 5.74) is 14.7. The Bertz CT molecular complexity index is 3970. The fourth-order valence-corrected chi connectivity index (χ4v) is 10.4. The average Bonchev–Trinajstić information content (AvgIpc) is 3.78. The standard InChI is InChI=1S/C64H41NO/c1-4-17-51-44(13-1)16-11-24-56(51)58-40-35-45-14-2-6-19-53(45)63(58)47-33-38-50(39-34-47)65(60-41-48-15-3-5-18-52(48)55-20-7-8-21-57(55)60)49-36-31-43(32-37-49)42-27-29-46(30-28-42)54-23-12-26-62-64(54)59-22-9-10-25-61(59)66-62/h1-41H. The molecule has 0 spiro atoms. The van der Waals surface area contributed by atoms with E-state index in [1.54, 1.807) is 0 Å². The molecule has 0 aliphatic heterocycles. The zero-order valence-electron chi connectivity index (χ0n) is 36.0. The largest absolute Gasteiger partial charge is 0.456 e. The average molecular weight is 840 g/mol. The van der Waals surface area contributed by atoms with Crippen LogP contribution in [0.15, 0.2) is 253 Å². The summed E-state index contributed by atoms with van der Waals surface area (Å²) in [7, 11) is 0. The Labute approximate surface area is 382 Å². The molecule has 0 radical (unpaired) electrons. The molecule has 1 heterocycles. The molecule has 0 bridgehead atoms. The highest BCUT2D eigenvalue weighted by Crippen LogP contribution is 2.46. The van der Waals surface area contributed by atoms with Crippen molar-refractivity contribution in [1.29, 1.82) is 0 Å². The number of rotatable bonds is 7. The summed E-state index contributed by atoms with van der Waals surface area (Å²) in [4.78, 5) is 2.43. The van der Waals surface area contributed by atoms with Crippen LogP contribution in [0, 0.1) is 0 Å². The van der Waals surface area contributed by atoms with E-state index in [1.165, 1.54) is 76.5 Å². The van der Waals surface area contributed by atoms with Crippen LogP contribution < -0.4 is 4.90 Å². The Morgan fingerprint density at radius 3 is 1.52 bits per heavy atom. The Kier molecular flexibility index (Phi) is 8.89. The molecule has 0 unspecified atom stereocenters. The van der Waals surface area contributed by atoms with Gasteiger partial charge in [0.15, 0.2) is 0 Å². The number of hydrogen-bond donors (Lipinski definition) is 0. The van der Waals surface area contributed by atoms with Gasteiger partial charge in [-0.2, -0.15) is 0 Å². The Hall–Kier alpha value is -8.72. The van der Waals surface area contributed by atoms with Crippen molar-refractivity contribution in [3.8, 4) is 44.5 Å². The number of fused-ring (bicyclic) bond motifs is 8. The molecular weight excluding hydrogens is 799 g/mol. The van der Waals surface area contributed by atoms with E-state index in [0.29, 0.717) is 0 Å². The summed E-state index contributed by atoms with van der Waals surface area (Å²) in [6, 6.07) is 90.4. The molecule has 0 atom stereocenters. The Morgan fingerprint density at radius 2 is 0.773 bits per heavy atom. The van der Waals surface area contributed by atoms with Crippen LogP contribution in [0.5, 0.6) is 0 Å². The van der Waals surface area contributed by atoms with Crippen molar-refractivity contribution in [1.82, 2.24) is 0 Å². The molecule has 13 rings (SSSR count). The van der Waals surface area contributed by atoms with Crippen molar-refractivity contribution in [3.05, 3.63) is 249 Å². The van der Waals surface area contributed by atoms with Gasteiger partial charge in [0.05, 0.1) is 5.69 Å². The zero-order chi connectivity index (χ0) is 43.6. The van der Waals surface area contributed by atoms with E-state index in [-0.39, 0.29) is 0 Å². The van der Waals surface area contributed by atoms with Gasteiger partial charge in [-0.1, -0.05) is 206 Å². The van der Waals surface area contributed by atoms with Crippen molar-refractivity contribution in [3.63, 3.8) is 0 Å². The van der Waals surface area contributed by atoms with E-state index >= 15 is 0 Å². The van der Waals surface area contributed by atoms with Crippen LogP contribution in [0.1, 0.15) is 0 Å². The number of hydrogen-bond acceptors (Lipinski definition) is 2. The van der Waals surface area contributed by atoms with E-state index in [0.717, 1.165) is 50.1 Å². The molecule has 0 saturated carbocycles. The molecule has 0 aliphatic rings. The maximum Gasteiger partial charge on any atom is 0.136 e. The topological polar surface area (TPSA) is 16.4 Å². The lowest BCUT2D eigenvalue weighted by atomic mass is 9.88. The first kappa shape index (κ1) is 37.8. The van der Waals surface area contributed by atoms with E-state index in [2.05, 4.69) is 241 Å². The predicted molar refractivity (Wildman–Crippen MR) is 280 cm³/mol. The summed E-state index contributed by atoms with van der Waals surface area (Å²) < 4.78 is 6.22. The third kappa shape index (κ3) is 6.26. The number of para-hydroxylation sites is 1. The minimum atomic E-state index is 0.908. The summed E-state index contributed by atoms with van der Waals surface area (Å²) in [6.07, 6.45) is 0. The first-order valence-electron chi connectivity index (χ1n) is 22.7. The fraction of sp³-hybridized carbons (Fsp3) is 0. The maximum absolute atomic E-state index is 6.22. The lowest BCUT2D eigenvalue weighted by Gasteiger charge is -2.28. The predicted octanol–water partition coefficient (Wildman–Crippen LogP) is 18.3. The molecule has 12 aromatic carbocycles. The number of furan rings is 1. The zero-order valence-corrected chi connectivity index (χ0v) is 36.0. The van der Waals surface area contributed by atoms with Gasteiger partial charge in [-0.3, -0.25) is 0 Å². The monoisotopic (exact) mass is 839 g/mol. The highest BCUT2D eigenvalue weighted by molar-refractivity contribution is 6.15. The minimum absolute atomic E-state index is 0.908. The molecule has 0 aliphatic carbocycles. The number of anilines is 3. The van der Waals surface area contributed by atoms with Crippen molar-refractivity contribution in [2.75, 3.05) is 4.90 Å². The third-order valence-electron chi connectivity index (χ3n) is 13.5. The lowest BCUT2D eigenvalue weighted by Crippen LogP contribution is -2.10. The number of nitrogens with zero attached hydrogens (tertiary/aromatic N) is 1. The van der Waals surface area contributed by atoms with E-state index < -0.39 is 0 Å². The molecule has 0 N–H and O–H groups in total. The van der Waals surface area contributed by atoms with Gasteiger partial charge in [0, 0.05) is 27.5 Å². The van der Waals surface area contributed by atoms with Crippen LogP contribution >= 0.6 is 0 Å². The van der Waals surface area contributed by atoms with Gasteiger partial charge in [-0.05, 0) is 125 Å². The summed E-state index contributed by atoms with van der Waals surface area (Å²) in [5.74, 6) is 0. The van der Waals surface area contributed by atoms with Gasteiger partial charge in [0.25, 0.3) is 0 Å². The van der Waals surface area contributed by atoms with Crippen LogP contribution in [-0.4, -0.2) is 0 Å². The van der Waals surface area contributed by atoms with Gasteiger partial charge in [0.1, 0.15) is 11.2 Å². The van der Waals surface area contributed by atoms with Crippen LogP contribution in [-0.2, 0) is 0 Å². The van der Waals surface area contributed by atoms with Gasteiger partial charge in [0.2, 0.25) is 0 Å². The van der Waals surface area contributed by atoms with Crippen LogP contribution in [0.3, 0.4) is 0 Å². The molecule has 13 aromatic rings. The van der Waals surface area contributed by atoms with Crippen LogP contribution in [0.4, 0.5) is 17.1 Å². The molecule has 2 nitrogen and oxygen atoms in total. The highest BCUT2D eigenvalue weighted by atomic mass is 16.3. The van der Waals surface area contributed by atoms with E-state index in [4.69, 9.17) is 4.42 Å². The SMILES string of the molecule is c1ccc2c(-c3ccc4ccccc4c3-c3ccc(N(c4ccc(-c5ccc(-c6cccc7oc8ccccc8c67)cc5)cc4)c4cc5ccccc5c5ccccc45)cc3)cccc2c1. The third-order valence-corrected chi connectivity index (χ3v) is 13.5. The van der Waals surface area contributed by atoms with Gasteiger partial charge >= 0.3 is 0 Å². The van der Waals surface area contributed by atoms with E-state index in [1.807, 2.05) is 12.1 Å². The molecule has 308 valence electrons.